The maximum atomic E-state index is 13.2. The standard InChI is InChI=1S/C20H22FN7O3/c1-22-17-8-16(24-12-3-2-6-27(20(12)31)14-4-5-15(14)29)26-18-10(9-23-28(17)18)19(30)25-13-7-11(13)21/h2-3,6,8-9,11,13-15,22,29H,4-5,7H2,1H3,(H,24,26)(H,25,30)/t11-,13+,14?,15-/m0/s1. The first kappa shape index (κ1) is 19.5. The molecular formula is C20H22FN7O3. The fourth-order valence-electron chi connectivity index (χ4n) is 3.72. The molecule has 4 N–H and O–H groups in total. The van der Waals surface area contributed by atoms with Gasteiger partial charge in [0.05, 0.1) is 24.4 Å². The van der Waals surface area contributed by atoms with Crippen molar-refractivity contribution in [2.75, 3.05) is 17.7 Å². The van der Waals surface area contributed by atoms with Crippen LogP contribution in [0.4, 0.5) is 21.7 Å². The number of rotatable bonds is 6. The van der Waals surface area contributed by atoms with Crippen LogP contribution >= 0.6 is 0 Å². The lowest BCUT2D eigenvalue weighted by atomic mass is 9.89. The molecule has 1 amide bonds. The van der Waals surface area contributed by atoms with Crippen LogP contribution in [0.15, 0.2) is 35.4 Å². The number of amides is 1. The average Bonchev–Trinajstić information content (AvgIpc) is 3.26. The summed E-state index contributed by atoms with van der Waals surface area (Å²) in [4.78, 5) is 29.9. The van der Waals surface area contributed by atoms with Gasteiger partial charge in [-0.3, -0.25) is 9.59 Å². The second-order valence-electron chi connectivity index (χ2n) is 7.87. The number of aliphatic hydroxyl groups is 1. The molecule has 2 saturated carbocycles. The SMILES string of the molecule is CNc1cc(Nc2cccn(C3CC[C@@H]3O)c2=O)nc2c(C(=O)N[C@@H]3C[C@@H]3F)cnn12. The molecule has 3 heterocycles. The molecule has 31 heavy (non-hydrogen) atoms. The van der Waals surface area contributed by atoms with E-state index in [-0.39, 0.29) is 22.8 Å². The number of carbonyl (C=O) groups is 1. The molecule has 0 spiro atoms. The highest BCUT2D eigenvalue weighted by Gasteiger charge is 2.39. The normalized spacial score (nSPS) is 24.5. The van der Waals surface area contributed by atoms with Gasteiger partial charge < -0.3 is 25.6 Å². The van der Waals surface area contributed by atoms with E-state index in [1.165, 1.54) is 15.3 Å². The highest BCUT2D eigenvalue weighted by atomic mass is 19.1. The number of halogens is 1. The Morgan fingerprint density at radius 2 is 2.16 bits per heavy atom. The molecule has 0 aromatic carbocycles. The fraction of sp³-hybridized carbons (Fsp3) is 0.400. The van der Waals surface area contributed by atoms with Crippen LogP contribution < -0.4 is 21.5 Å². The van der Waals surface area contributed by atoms with Crippen LogP contribution in [-0.4, -0.2) is 55.5 Å². The highest BCUT2D eigenvalue weighted by molar-refractivity contribution is 6.00. The predicted molar refractivity (Wildman–Crippen MR) is 112 cm³/mol. The zero-order chi connectivity index (χ0) is 21.7. The summed E-state index contributed by atoms with van der Waals surface area (Å²) in [7, 11) is 1.70. The largest absolute Gasteiger partial charge is 0.391 e. The van der Waals surface area contributed by atoms with Gasteiger partial charge >= 0.3 is 0 Å². The number of carbonyl (C=O) groups excluding carboxylic acids is 1. The first-order chi connectivity index (χ1) is 15.0. The number of aliphatic hydroxyl groups excluding tert-OH is 1. The van der Waals surface area contributed by atoms with E-state index in [0.717, 1.165) is 6.42 Å². The van der Waals surface area contributed by atoms with Gasteiger partial charge in [0.15, 0.2) is 5.65 Å². The second kappa shape index (κ2) is 7.34. The van der Waals surface area contributed by atoms with Crippen molar-refractivity contribution in [2.45, 2.75) is 43.6 Å². The molecule has 1 unspecified atom stereocenters. The Labute approximate surface area is 176 Å². The Hall–Kier alpha value is -3.47. The number of hydrogen-bond acceptors (Lipinski definition) is 7. The minimum absolute atomic E-state index is 0.210. The number of fused-ring (bicyclic) bond motifs is 1. The van der Waals surface area contributed by atoms with E-state index in [1.807, 2.05) is 0 Å². The summed E-state index contributed by atoms with van der Waals surface area (Å²) < 4.78 is 16.2. The summed E-state index contributed by atoms with van der Waals surface area (Å²) in [6.07, 6.45) is 3.22. The van der Waals surface area contributed by atoms with Crippen LogP contribution in [0.25, 0.3) is 5.65 Å². The van der Waals surface area contributed by atoms with E-state index in [1.54, 1.807) is 31.4 Å². The maximum Gasteiger partial charge on any atom is 0.274 e. The van der Waals surface area contributed by atoms with Crippen molar-refractivity contribution in [1.29, 1.82) is 0 Å². The van der Waals surface area contributed by atoms with E-state index in [2.05, 4.69) is 26.0 Å². The summed E-state index contributed by atoms with van der Waals surface area (Å²) in [5, 5.41) is 22.8. The van der Waals surface area contributed by atoms with Crippen molar-refractivity contribution in [1.82, 2.24) is 24.5 Å². The van der Waals surface area contributed by atoms with Crippen molar-refractivity contribution >= 4 is 28.9 Å². The molecule has 162 valence electrons. The molecule has 0 aliphatic heterocycles. The lowest BCUT2D eigenvalue weighted by Crippen LogP contribution is -2.39. The van der Waals surface area contributed by atoms with Gasteiger partial charge in [-0.1, -0.05) is 0 Å². The van der Waals surface area contributed by atoms with E-state index in [9.17, 15) is 19.1 Å². The molecule has 10 nitrogen and oxygen atoms in total. The first-order valence-electron chi connectivity index (χ1n) is 10.1. The quantitative estimate of drug-likeness (QED) is 0.466. The number of alkyl halides is 1. The fourth-order valence-corrected chi connectivity index (χ4v) is 3.72. The van der Waals surface area contributed by atoms with Crippen LogP contribution in [0.1, 0.15) is 35.7 Å². The minimum atomic E-state index is -1.02. The molecule has 2 aliphatic rings. The van der Waals surface area contributed by atoms with Gasteiger partial charge in [0.2, 0.25) is 0 Å². The first-order valence-corrected chi connectivity index (χ1v) is 10.1. The van der Waals surface area contributed by atoms with Gasteiger partial charge in [-0.15, -0.1) is 0 Å². The summed E-state index contributed by atoms with van der Waals surface area (Å²) in [6, 6.07) is 4.32. The number of nitrogens with one attached hydrogen (secondary N) is 3. The Balaban J connectivity index is 1.49. The summed E-state index contributed by atoms with van der Waals surface area (Å²) in [5.74, 6) is 0.435. The van der Waals surface area contributed by atoms with Gasteiger partial charge in [-0.2, -0.15) is 9.61 Å². The highest BCUT2D eigenvalue weighted by Crippen LogP contribution is 2.31. The Kier molecular flexibility index (Phi) is 4.62. The number of aromatic nitrogens is 4. The van der Waals surface area contributed by atoms with Crippen LogP contribution in [0.3, 0.4) is 0 Å². The Morgan fingerprint density at radius 1 is 1.35 bits per heavy atom. The molecule has 3 aromatic rings. The van der Waals surface area contributed by atoms with Gasteiger partial charge in [0, 0.05) is 25.7 Å². The van der Waals surface area contributed by atoms with Crippen molar-refractivity contribution < 1.29 is 14.3 Å². The van der Waals surface area contributed by atoms with Gasteiger partial charge in [-0.05, 0) is 25.0 Å². The lowest BCUT2D eigenvalue weighted by molar-refractivity contribution is 0.0300. The van der Waals surface area contributed by atoms with E-state index < -0.39 is 24.2 Å². The van der Waals surface area contributed by atoms with Crippen molar-refractivity contribution in [3.8, 4) is 0 Å². The molecular weight excluding hydrogens is 405 g/mol. The molecule has 0 saturated heterocycles. The minimum Gasteiger partial charge on any atom is -0.391 e. The van der Waals surface area contributed by atoms with Crippen LogP contribution in [0.5, 0.6) is 0 Å². The van der Waals surface area contributed by atoms with Crippen molar-refractivity contribution in [3.05, 3.63) is 46.5 Å². The van der Waals surface area contributed by atoms with E-state index in [0.29, 0.717) is 30.2 Å². The van der Waals surface area contributed by atoms with Gasteiger partial charge in [0.25, 0.3) is 11.5 Å². The lowest BCUT2D eigenvalue weighted by Gasteiger charge is -2.34. The van der Waals surface area contributed by atoms with Crippen LogP contribution in [0, 0.1) is 0 Å². The van der Waals surface area contributed by atoms with Crippen molar-refractivity contribution in [2.24, 2.45) is 0 Å². The number of anilines is 3. The second-order valence-corrected chi connectivity index (χ2v) is 7.87. The molecule has 11 heteroatoms. The Morgan fingerprint density at radius 3 is 2.81 bits per heavy atom. The topological polar surface area (TPSA) is 126 Å². The van der Waals surface area contributed by atoms with Crippen molar-refractivity contribution in [3.63, 3.8) is 0 Å². The zero-order valence-corrected chi connectivity index (χ0v) is 16.7. The third-order valence-electron chi connectivity index (χ3n) is 5.80. The number of pyridine rings is 1. The molecule has 4 atom stereocenters. The molecule has 5 rings (SSSR count). The Bertz CT molecular complexity index is 1220. The number of nitrogens with zero attached hydrogens (tertiary/aromatic N) is 4. The maximum absolute atomic E-state index is 13.2. The third-order valence-corrected chi connectivity index (χ3v) is 5.80. The van der Waals surface area contributed by atoms with Crippen LogP contribution in [0.2, 0.25) is 0 Å². The predicted octanol–water partition coefficient (Wildman–Crippen LogP) is 1.21. The smallest absolute Gasteiger partial charge is 0.274 e. The van der Waals surface area contributed by atoms with E-state index in [4.69, 9.17) is 0 Å². The summed E-state index contributed by atoms with van der Waals surface area (Å²) in [6.45, 7) is 0. The third kappa shape index (κ3) is 3.40. The molecule has 0 radical (unpaired) electrons. The summed E-state index contributed by atoms with van der Waals surface area (Å²) in [5.41, 5.74) is 0.508. The number of hydrogen-bond donors (Lipinski definition) is 4. The summed E-state index contributed by atoms with van der Waals surface area (Å²) >= 11 is 0. The van der Waals surface area contributed by atoms with Gasteiger partial charge in [-0.25, -0.2) is 9.37 Å². The molecule has 2 fully saturated rings. The average molecular weight is 427 g/mol. The van der Waals surface area contributed by atoms with Crippen LogP contribution in [-0.2, 0) is 0 Å². The van der Waals surface area contributed by atoms with Gasteiger partial charge in [0.1, 0.15) is 29.1 Å². The molecule has 2 aliphatic carbocycles. The van der Waals surface area contributed by atoms with E-state index >= 15 is 0 Å². The molecule has 3 aromatic heterocycles. The monoisotopic (exact) mass is 427 g/mol. The molecule has 0 bridgehead atoms. The zero-order valence-electron chi connectivity index (χ0n) is 16.7.